The second-order valence-electron chi connectivity index (χ2n) is 4.87. The Hall–Kier alpha value is -2.42. The molecule has 0 atom stereocenters. The highest BCUT2D eigenvalue weighted by Crippen LogP contribution is 2.06. The SMILES string of the molecule is CCCC(=NNC(=O)Cc1ccccc1)c1ccccc1. The fourth-order valence-electron chi connectivity index (χ4n) is 2.08. The molecule has 108 valence electrons. The molecule has 2 aromatic carbocycles. The Morgan fingerprint density at radius 1 is 1.00 bits per heavy atom. The van der Waals surface area contributed by atoms with Crippen LogP contribution < -0.4 is 5.43 Å². The molecule has 1 N–H and O–H groups in total. The van der Waals surface area contributed by atoms with Crippen LogP contribution in [0.3, 0.4) is 0 Å². The zero-order chi connectivity index (χ0) is 14.9. The second kappa shape index (κ2) is 8.00. The Kier molecular flexibility index (Phi) is 5.71. The molecule has 0 saturated heterocycles. The summed E-state index contributed by atoms with van der Waals surface area (Å²) in [6.07, 6.45) is 2.18. The van der Waals surface area contributed by atoms with E-state index >= 15 is 0 Å². The highest BCUT2D eigenvalue weighted by molar-refractivity contribution is 6.01. The predicted octanol–water partition coefficient (Wildman–Crippen LogP) is 3.55. The highest BCUT2D eigenvalue weighted by Gasteiger charge is 2.05. The summed E-state index contributed by atoms with van der Waals surface area (Å²) in [5.74, 6) is -0.0919. The first kappa shape index (κ1) is 15.0. The molecule has 0 aliphatic rings. The van der Waals surface area contributed by atoms with Crippen molar-refractivity contribution in [1.82, 2.24) is 5.43 Å². The van der Waals surface area contributed by atoms with Gasteiger partial charge >= 0.3 is 0 Å². The molecule has 1 amide bonds. The van der Waals surface area contributed by atoms with Crippen LogP contribution in [0.2, 0.25) is 0 Å². The molecule has 0 fully saturated rings. The molecular formula is C18H20N2O. The first-order valence-electron chi connectivity index (χ1n) is 7.24. The van der Waals surface area contributed by atoms with Crippen LogP contribution in [0.5, 0.6) is 0 Å². The van der Waals surface area contributed by atoms with Gasteiger partial charge in [-0.2, -0.15) is 5.10 Å². The number of nitrogens with zero attached hydrogens (tertiary/aromatic N) is 1. The van der Waals surface area contributed by atoms with E-state index in [9.17, 15) is 4.79 Å². The number of hydrogen-bond donors (Lipinski definition) is 1. The lowest BCUT2D eigenvalue weighted by molar-refractivity contribution is -0.120. The molecule has 0 aliphatic heterocycles. The Morgan fingerprint density at radius 3 is 2.24 bits per heavy atom. The second-order valence-corrected chi connectivity index (χ2v) is 4.87. The van der Waals surface area contributed by atoms with Gasteiger partial charge in [0.25, 0.3) is 0 Å². The summed E-state index contributed by atoms with van der Waals surface area (Å²) in [4.78, 5) is 11.9. The zero-order valence-electron chi connectivity index (χ0n) is 12.3. The summed E-state index contributed by atoms with van der Waals surface area (Å²) >= 11 is 0. The molecule has 0 aromatic heterocycles. The van der Waals surface area contributed by atoms with Gasteiger partial charge in [-0.1, -0.05) is 74.0 Å². The average molecular weight is 280 g/mol. The molecule has 0 unspecified atom stereocenters. The maximum Gasteiger partial charge on any atom is 0.244 e. The number of carbonyl (C=O) groups is 1. The lowest BCUT2D eigenvalue weighted by atomic mass is 10.1. The summed E-state index contributed by atoms with van der Waals surface area (Å²) in [7, 11) is 0. The summed E-state index contributed by atoms with van der Waals surface area (Å²) in [5, 5.41) is 4.30. The van der Waals surface area contributed by atoms with E-state index in [2.05, 4.69) is 17.5 Å². The minimum atomic E-state index is -0.0919. The van der Waals surface area contributed by atoms with Crippen molar-refractivity contribution in [1.29, 1.82) is 0 Å². The fourth-order valence-corrected chi connectivity index (χ4v) is 2.08. The summed E-state index contributed by atoms with van der Waals surface area (Å²) in [6.45, 7) is 2.10. The van der Waals surface area contributed by atoms with Gasteiger partial charge in [0.1, 0.15) is 0 Å². The molecule has 21 heavy (non-hydrogen) atoms. The van der Waals surface area contributed by atoms with Gasteiger partial charge in [0.2, 0.25) is 5.91 Å². The maximum absolute atomic E-state index is 11.9. The highest BCUT2D eigenvalue weighted by atomic mass is 16.2. The van der Waals surface area contributed by atoms with E-state index in [-0.39, 0.29) is 5.91 Å². The Bertz CT molecular complexity index is 591. The van der Waals surface area contributed by atoms with Crippen molar-refractivity contribution in [2.24, 2.45) is 5.10 Å². The van der Waals surface area contributed by atoms with E-state index in [1.807, 2.05) is 60.7 Å². The van der Waals surface area contributed by atoms with E-state index < -0.39 is 0 Å². The number of amides is 1. The molecule has 0 spiro atoms. The predicted molar refractivity (Wildman–Crippen MR) is 86.2 cm³/mol. The van der Waals surface area contributed by atoms with Crippen LogP contribution in [0.4, 0.5) is 0 Å². The van der Waals surface area contributed by atoms with E-state index in [1.54, 1.807) is 0 Å². The van der Waals surface area contributed by atoms with Gasteiger partial charge < -0.3 is 0 Å². The fraction of sp³-hybridized carbons (Fsp3) is 0.222. The van der Waals surface area contributed by atoms with Gasteiger partial charge in [-0.25, -0.2) is 5.43 Å². The number of nitrogens with one attached hydrogen (secondary N) is 1. The lowest BCUT2D eigenvalue weighted by Gasteiger charge is -2.06. The molecule has 0 saturated carbocycles. The molecule has 0 aliphatic carbocycles. The van der Waals surface area contributed by atoms with Crippen molar-refractivity contribution < 1.29 is 4.79 Å². The smallest absolute Gasteiger partial charge is 0.244 e. The molecule has 0 bridgehead atoms. The van der Waals surface area contributed by atoms with Crippen LogP contribution in [0.15, 0.2) is 65.8 Å². The molecule has 3 heteroatoms. The largest absolute Gasteiger partial charge is 0.273 e. The first-order chi connectivity index (χ1) is 10.3. The van der Waals surface area contributed by atoms with Crippen molar-refractivity contribution in [3.63, 3.8) is 0 Å². The molecule has 3 nitrogen and oxygen atoms in total. The summed E-state index contributed by atoms with van der Waals surface area (Å²) in [6, 6.07) is 19.6. The van der Waals surface area contributed by atoms with Gasteiger partial charge in [-0.05, 0) is 17.5 Å². The van der Waals surface area contributed by atoms with Crippen LogP contribution in [0.25, 0.3) is 0 Å². The standard InChI is InChI=1S/C18H20N2O/c1-2-9-17(16-12-7-4-8-13-16)19-20-18(21)14-15-10-5-3-6-11-15/h3-8,10-13H,2,9,14H2,1H3,(H,20,21). The van der Waals surface area contributed by atoms with Crippen LogP contribution in [-0.2, 0) is 11.2 Å². The first-order valence-corrected chi connectivity index (χ1v) is 7.24. The van der Waals surface area contributed by atoms with Crippen LogP contribution >= 0.6 is 0 Å². The van der Waals surface area contributed by atoms with Crippen molar-refractivity contribution in [3.05, 3.63) is 71.8 Å². The van der Waals surface area contributed by atoms with Crippen molar-refractivity contribution in [2.75, 3.05) is 0 Å². The zero-order valence-corrected chi connectivity index (χ0v) is 12.3. The van der Waals surface area contributed by atoms with Crippen molar-refractivity contribution >= 4 is 11.6 Å². The molecule has 2 aromatic rings. The average Bonchev–Trinajstić information content (AvgIpc) is 2.53. The van der Waals surface area contributed by atoms with Crippen LogP contribution in [0, 0.1) is 0 Å². The third-order valence-electron chi connectivity index (χ3n) is 3.12. The molecule has 0 heterocycles. The van der Waals surface area contributed by atoms with Gasteiger partial charge in [-0.15, -0.1) is 0 Å². The summed E-state index contributed by atoms with van der Waals surface area (Å²) in [5.41, 5.74) is 5.62. The normalized spacial score (nSPS) is 11.2. The Morgan fingerprint density at radius 2 is 1.62 bits per heavy atom. The lowest BCUT2D eigenvalue weighted by Crippen LogP contribution is -2.22. The van der Waals surface area contributed by atoms with Crippen molar-refractivity contribution in [2.45, 2.75) is 26.2 Å². The third kappa shape index (κ3) is 4.88. The van der Waals surface area contributed by atoms with E-state index in [1.165, 1.54) is 0 Å². The van der Waals surface area contributed by atoms with E-state index in [0.29, 0.717) is 6.42 Å². The minimum Gasteiger partial charge on any atom is -0.273 e. The number of benzene rings is 2. The number of hydrogen-bond acceptors (Lipinski definition) is 2. The maximum atomic E-state index is 11.9. The van der Waals surface area contributed by atoms with Gasteiger partial charge in [0.05, 0.1) is 12.1 Å². The molecular weight excluding hydrogens is 260 g/mol. The number of rotatable bonds is 6. The van der Waals surface area contributed by atoms with Gasteiger partial charge in [0.15, 0.2) is 0 Å². The molecule has 0 radical (unpaired) electrons. The van der Waals surface area contributed by atoms with Crippen molar-refractivity contribution in [3.8, 4) is 0 Å². The topological polar surface area (TPSA) is 41.5 Å². The Labute approximate surface area is 125 Å². The molecule has 2 rings (SSSR count). The van der Waals surface area contributed by atoms with Crippen LogP contribution in [0.1, 0.15) is 30.9 Å². The monoisotopic (exact) mass is 280 g/mol. The Balaban J connectivity index is 2.01. The third-order valence-corrected chi connectivity index (χ3v) is 3.12. The van der Waals surface area contributed by atoms with Gasteiger partial charge in [0, 0.05) is 0 Å². The quantitative estimate of drug-likeness (QED) is 0.638. The van der Waals surface area contributed by atoms with E-state index in [4.69, 9.17) is 0 Å². The number of hydrazone groups is 1. The van der Waals surface area contributed by atoms with Crippen LogP contribution in [-0.4, -0.2) is 11.6 Å². The summed E-state index contributed by atoms with van der Waals surface area (Å²) < 4.78 is 0. The van der Waals surface area contributed by atoms with Gasteiger partial charge in [-0.3, -0.25) is 4.79 Å². The van der Waals surface area contributed by atoms with E-state index in [0.717, 1.165) is 29.7 Å². The number of carbonyl (C=O) groups excluding carboxylic acids is 1. The minimum absolute atomic E-state index is 0.0919.